The molecule has 3 N–H and O–H groups in total. The summed E-state index contributed by atoms with van der Waals surface area (Å²) in [5, 5.41) is 21.0. The normalized spacial score (nSPS) is 12.7. The van der Waals surface area contributed by atoms with Crippen LogP contribution < -0.4 is 10.9 Å². The highest BCUT2D eigenvalue weighted by Crippen LogP contribution is 2.26. The number of benzene rings is 1. The van der Waals surface area contributed by atoms with Crippen LogP contribution >= 0.6 is 0 Å². The number of amides is 1. The smallest absolute Gasteiger partial charge is 0.408 e. The summed E-state index contributed by atoms with van der Waals surface area (Å²) in [6.45, 7) is 5.51. The van der Waals surface area contributed by atoms with E-state index in [1.54, 1.807) is 19.1 Å². The van der Waals surface area contributed by atoms with E-state index in [9.17, 15) is 19.5 Å². The zero-order valence-corrected chi connectivity index (χ0v) is 18.6. The molecular weight excluding hydrogens is 410 g/mol. The maximum absolute atomic E-state index is 12.8. The number of aryl methyl sites for hydroxylation is 1. The second-order valence-corrected chi connectivity index (χ2v) is 7.67. The zero-order valence-electron chi connectivity index (χ0n) is 18.6. The van der Waals surface area contributed by atoms with Gasteiger partial charge in [0.2, 0.25) is 0 Å². The van der Waals surface area contributed by atoms with Crippen LogP contribution in [0.1, 0.15) is 73.2 Å². The lowest BCUT2D eigenvalue weighted by Crippen LogP contribution is -2.16. The van der Waals surface area contributed by atoms with Gasteiger partial charge in [0.05, 0.1) is 0 Å². The molecule has 2 aromatic rings. The predicted octanol–water partition coefficient (Wildman–Crippen LogP) is 5.25. The Kier molecular flexibility index (Phi) is 9.01. The minimum atomic E-state index is -1.15. The van der Waals surface area contributed by atoms with Crippen LogP contribution in [0.25, 0.3) is 6.08 Å². The number of ketones is 1. The molecule has 0 fully saturated rings. The maximum atomic E-state index is 12.8. The molecule has 0 aliphatic rings. The molecule has 0 saturated heterocycles. The fourth-order valence-electron chi connectivity index (χ4n) is 3.23. The molecule has 0 aliphatic heterocycles. The molecule has 1 aromatic heterocycles. The van der Waals surface area contributed by atoms with Crippen molar-refractivity contribution in [3.05, 3.63) is 81.1 Å². The van der Waals surface area contributed by atoms with E-state index in [2.05, 4.69) is 12.2 Å². The van der Waals surface area contributed by atoms with Gasteiger partial charge >= 0.3 is 11.7 Å². The lowest BCUT2D eigenvalue weighted by atomic mass is 9.99. The highest BCUT2D eigenvalue weighted by molar-refractivity contribution is 6.12. The van der Waals surface area contributed by atoms with Gasteiger partial charge in [-0.15, -0.1) is 0 Å². The Morgan fingerprint density at radius 2 is 1.91 bits per heavy atom. The monoisotopic (exact) mass is 439 g/mol. The number of rotatable bonds is 10. The van der Waals surface area contributed by atoms with Crippen molar-refractivity contribution in [2.75, 3.05) is 0 Å². The minimum Gasteiger partial charge on any atom is -0.507 e. The predicted molar refractivity (Wildman–Crippen MR) is 123 cm³/mol. The summed E-state index contributed by atoms with van der Waals surface area (Å²) >= 11 is 0. The molecule has 0 saturated carbocycles. The fraction of sp³-hybridized carbons (Fsp3) is 0.320. The number of Topliss-reactive ketones (excluding diaryl/α,β-unsaturated/α-hetero) is 1. The molecule has 7 heteroatoms. The molecule has 1 heterocycles. The van der Waals surface area contributed by atoms with Crippen molar-refractivity contribution in [1.29, 1.82) is 0 Å². The van der Waals surface area contributed by atoms with Crippen molar-refractivity contribution >= 4 is 18.0 Å². The third-order valence-corrected chi connectivity index (χ3v) is 5.01. The molecule has 32 heavy (non-hydrogen) atoms. The molecule has 0 bridgehead atoms. The van der Waals surface area contributed by atoms with Gasteiger partial charge in [-0.3, -0.25) is 10.1 Å². The second kappa shape index (κ2) is 11.7. The minimum absolute atomic E-state index is 0.217. The first-order chi connectivity index (χ1) is 15.2. The lowest BCUT2D eigenvalue weighted by molar-refractivity contribution is 0.102. The Balaban J connectivity index is 2.14. The molecule has 1 atom stereocenters. The van der Waals surface area contributed by atoms with Crippen LogP contribution in [0.4, 0.5) is 4.79 Å². The van der Waals surface area contributed by atoms with E-state index in [1.165, 1.54) is 17.8 Å². The number of carboxylic acid groups (broad SMARTS) is 1. The van der Waals surface area contributed by atoms with Crippen LogP contribution in [0.15, 0.2) is 57.4 Å². The van der Waals surface area contributed by atoms with E-state index in [1.807, 2.05) is 31.2 Å². The van der Waals surface area contributed by atoms with Crippen LogP contribution in [-0.4, -0.2) is 22.1 Å². The number of carbonyl (C=O) groups excluding carboxylic acids is 1. The Hall–Kier alpha value is -3.61. The van der Waals surface area contributed by atoms with Crippen LogP contribution in [0, 0.1) is 0 Å². The number of nitrogens with one attached hydrogen (secondary N) is 1. The van der Waals surface area contributed by atoms with Gasteiger partial charge in [-0.2, -0.15) is 0 Å². The van der Waals surface area contributed by atoms with Crippen molar-refractivity contribution in [1.82, 2.24) is 5.32 Å². The average molecular weight is 440 g/mol. The van der Waals surface area contributed by atoms with Gasteiger partial charge < -0.3 is 14.6 Å². The van der Waals surface area contributed by atoms with E-state index >= 15 is 0 Å². The first kappa shape index (κ1) is 24.7. The summed E-state index contributed by atoms with van der Waals surface area (Å²) in [6, 6.07) is 9.13. The van der Waals surface area contributed by atoms with Crippen LogP contribution in [0.2, 0.25) is 0 Å². The van der Waals surface area contributed by atoms with Gasteiger partial charge in [0.1, 0.15) is 17.1 Å². The SMILES string of the molecule is CCCc1ccc(/C=C(\C)C(=O)c2c(O)cc(C(C)CCC=CNC(=O)O)oc2=O)cc1. The van der Waals surface area contributed by atoms with Crippen LogP contribution in [-0.2, 0) is 6.42 Å². The van der Waals surface area contributed by atoms with Gasteiger partial charge in [-0.05, 0) is 49.0 Å². The van der Waals surface area contributed by atoms with Crippen LogP contribution in [0.5, 0.6) is 5.75 Å². The average Bonchev–Trinajstić information content (AvgIpc) is 2.74. The molecule has 0 spiro atoms. The van der Waals surface area contributed by atoms with Crippen molar-refractivity contribution in [3.63, 3.8) is 0 Å². The lowest BCUT2D eigenvalue weighted by Gasteiger charge is -2.11. The van der Waals surface area contributed by atoms with Crippen molar-refractivity contribution in [3.8, 4) is 5.75 Å². The largest absolute Gasteiger partial charge is 0.507 e. The molecule has 0 radical (unpaired) electrons. The number of carbonyl (C=O) groups is 2. The first-order valence-corrected chi connectivity index (χ1v) is 10.6. The molecule has 1 unspecified atom stereocenters. The summed E-state index contributed by atoms with van der Waals surface area (Å²) in [4.78, 5) is 35.7. The standard InChI is InChI=1S/C25H29NO6/c1-4-7-18-9-11-19(12-10-18)14-17(3)23(28)22-20(27)15-21(32-24(22)29)16(2)8-5-6-13-26-25(30)31/h6,9-16,26-27H,4-5,7-8H2,1-3H3,(H,30,31)/b13-6?,17-14+. The Labute approximate surface area is 187 Å². The molecule has 7 nitrogen and oxygen atoms in total. The van der Waals surface area contributed by atoms with E-state index in [-0.39, 0.29) is 17.2 Å². The maximum Gasteiger partial charge on any atom is 0.408 e. The third-order valence-electron chi connectivity index (χ3n) is 5.01. The van der Waals surface area contributed by atoms with Crippen molar-refractivity contribution in [2.45, 2.75) is 52.4 Å². The summed E-state index contributed by atoms with van der Waals surface area (Å²) in [5.41, 5.74) is 1.09. The summed E-state index contributed by atoms with van der Waals surface area (Å²) in [6.07, 6.45) is 6.60. The Morgan fingerprint density at radius 3 is 2.50 bits per heavy atom. The second-order valence-electron chi connectivity index (χ2n) is 7.67. The van der Waals surface area contributed by atoms with Gasteiger partial charge in [0.15, 0.2) is 5.78 Å². The topological polar surface area (TPSA) is 117 Å². The number of hydrogen-bond donors (Lipinski definition) is 3. The molecule has 1 amide bonds. The van der Waals surface area contributed by atoms with E-state index in [0.717, 1.165) is 18.4 Å². The van der Waals surface area contributed by atoms with E-state index < -0.39 is 23.3 Å². The van der Waals surface area contributed by atoms with Crippen molar-refractivity contribution in [2.24, 2.45) is 0 Å². The number of hydrogen-bond acceptors (Lipinski definition) is 5. The van der Waals surface area contributed by atoms with Gasteiger partial charge in [-0.1, -0.05) is 50.6 Å². The molecule has 170 valence electrons. The molecule has 1 aromatic carbocycles. The molecule has 2 rings (SSSR count). The van der Waals surface area contributed by atoms with Crippen LogP contribution in [0.3, 0.4) is 0 Å². The summed E-state index contributed by atoms with van der Waals surface area (Å²) in [7, 11) is 0. The summed E-state index contributed by atoms with van der Waals surface area (Å²) < 4.78 is 5.31. The number of aromatic hydroxyl groups is 1. The van der Waals surface area contributed by atoms with Gasteiger partial charge in [0.25, 0.3) is 0 Å². The van der Waals surface area contributed by atoms with Gasteiger partial charge in [0, 0.05) is 18.2 Å². The highest BCUT2D eigenvalue weighted by Gasteiger charge is 2.22. The third kappa shape index (κ3) is 6.97. The fourth-order valence-corrected chi connectivity index (χ4v) is 3.23. The van der Waals surface area contributed by atoms with Gasteiger partial charge in [-0.25, -0.2) is 9.59 Å². The van der Waals surface area contributed by atoms with E-state index in [4.69, 9.17) is 9.52 Å². The Bertz CT molecular complexity index is 1060. The van der Waals surface area contributed by atoms with E-state index in [0.29, 0.717) is 18.4 Å². The summed E-state index contributed by atoms with van der Waals surface area (Å²) in [5.74, 6) is -0.958. The molecule has 0 aliphatic carbocycles. The number of allylic oxidation sites excluding steroid dienone is 2. The first-order valence-electron chi connectivity index (χ1n) is 10.6. The highest BCUT2D eigenvalue weighted by atomic mass is 16.4. The molecular formula is C25H29NO6. The van der Waals surface area contributed by atoms with Crippen molar-refractivity contribution < 1.29 is 24.2 Å². The quantitative estimate of drug-likeness (QED) is 0.344. The zero-order chi connectivity index (χ0) is 23.7. The Morgan fingerprint density at radius 1 is 1.22 bits per heavy atom.